The van der Waals surface area contributed by atoms with Gasteiger partial charge in [0.1, 0.15) is 10.7 Å². The van der Waals surface area contributed by atoms with Gasteiger partial charge >= 0.3 is 11.4 Å². The highest BCUT2D eigenvalue weighted by molar-refractivity contribution is 6.37. The molecule has 162 valence electrons. The van der Waals surface area contributed by atoms with E-state index in [1.807, 2.05) is 30.3 Å². The summed E-state index contributed by atoms with van der Waals surface area (Å²) in [4.78, 5) is 27.8. The lowest BCUT2D eigenvalue weighted by atomic mass is 10.2. The molecule has 0 saturated heterocycles. The number of anilines is 1. The van der Waals surface area contributed by atoms with E-state index in [0.29, 0.717) is 23.6 Å². The number of benzene rings is 1. The van der Waals surface area contributed by atoms with Crippen LogP contribution in [0.15, 0.2) is 42.5 Å². The van der Waals surface area contributed by atoms with Crippen LogP contribution < -0.4 is 5.32 Å². The van der Waals surface area contributed by atoms with Gasteiger partial charge in [0.15, 0.2) is 0 Å². The lowest BCUT2D eigenvalue weighted by Gasteiger charge is -2.08. The van der Waals surface area contributed by atoms with E-state index in [-0.39, 0.29) is 26.7 Å². The molecule has 0 atom stereocenters. The SMILES string of the molecule is Cc1cc(Cl)c([N+](=O)[O-])c(Cl)n1.Cc1cc(NCc2ccccc2)c([N+](=O)[O-])c(Cl)n1. The molecule has 0 aliphatic carbocycles. The molecule has 12 heteroatoms. The van der Waals surface area contributed by atoms with E-state index in [9.17, 15) is 20.2 Å². The van der Waals surface area contributed by atoms with E-state index in [4.69, 9.17) is 34.8 Å². The third kappa shape index (κ3) is 6.74. The Balaban J connectivity index is 0.000000245. The largest absolute Gasteiger partial charge is 0.375 e. The molecule has 2 heterocycles. The van der Waals surface area contributed by atoms with Gasteiger partial charge in [-0.3, -0.25) is 20.2 Å². The second kappa shape index (κ2) is 10.9. The number of nitrogens with one attached hydrogen (secondary N) is 1. The van der Waals surface area contributed by atoms with Crippen LogP contribution in [0.5, 0.6) is 0 Å². The predicted molar refractivity (Wildman–Crippen MR) is 120 cm³/mol. The first-order valence-electron chi connectivity index (χ1n) is 8.66. The van der Waals surface area contributed by atoms with Crippen LogP contribution in [-0.2, 0) is 6.54 Å². The molecule has 1 aromatic carbocycles. The van der Waals surface area contributed by atoms with E-state index >= 15 is 0 Å². The van der Waals surface area contributed by atoms with Crippen molar-refractivity contribution in [1.29, 1.82) is 0 Å². The molecule has 0 fully saturated rings. The molecule has 1 N–H and O–H groups in total. The minimum Gasteiger partial charge on any atom is -0.375 e. The first-order chi connectivity index (χ1) is 14.6. The topological polar surface area (TPSA) is 124 Å². The Morgan fingerprint density at radius 1 is 0.871 bits per heavy atom. The maximum Gasteiger partial charge on any atom is 0.329 e. The van der Waals surface area contributed by atoms with Crippen LogP contribution in [0.1, 0.15) is 17.0 Å². The molecule has 0 aliphatic rings. The van der Waals surface area contributed by atoms with Crippen molar-refractivity contribution < 1.29 is 9.85 Å². The first kappa shape index (κ1) is 24.3. The number of pyridine rings is 2. The smallest absolute Gasteiger partial charge is 0.329 e. The zero-order valence-corrected chi connectivity index (χ0v) is 18.6. The molecule has 0 spiro atoms. The van der Waals surface area contributed by atoms with Gasteiger partial charge in [0.05, 0.1) is 9.85 Å². The highest BCUT2D eigenvalue weighted by Gasteiger charge is 2.21. The van der Waals surface area contributed by atoms with Crippen LogP contribution in [-0.4, -0.2) is 19.8 Å². The van der Waals surface area contributed by atoms with Gasteiger partial charge in [0.25, 0.3) is 0 Å². The van der Waals surface area contributed by atoms with Crippen LogP contribution >= 0.6 is 34.8 Å². The molecule has 0 aliphatic heterocycles. The Morgan fingerprint density at radius 3 is 1.90 bits per heavy atom. The number of aromatic nitrogens is 2. The normalized spacial score (nSPS) is 10.1. The number of nitrogens with zero attached hydrogens (tertiary/aromatic N) is 4. The van der Waals surface area contributed by atoms with E-state index < -0.39 is 9.85 Å². The average Bonchev–Trinajstić information content (AvgIpc) is 2.65. The number of nitro groups is 2. The van der Waals surface area contributed by atoms with Crippen LogP contribution in [0.25, 0.3) is 0 Å². The molecule has 3 rings (SSSR count). The minimum absolute atomic E-state index is 0.0116. The van der Waals surface area contributed by atoms with Crippen molar-refractivity contribution >= 4 is 51.9 Å². The fourth-order valence-electron chi connectivity index (χ4n) is 2.48. The van der Waals surface area contributed by atoms with Gasteiger partial charge in [0.2, 0.25) is 10.3 Å². The van der Waals surface area contributed by atoms with Gasteiger partial charge < -0.3 is 5.32 Å². The molecular weight excluding hydrogens is 469 g/mol. The third-order valence-corrected chi connectivity index (χ3v) is 4.62. The molecule has 31 heavy (non-hydrogen) atoms. The zero-order valence-electron chi connectivity index (χ0n) is 16.3. The molecule has 9 nitrogen and oxygen atoms in total. The summed E-state index contributed by atoms with van der Waals surface area (Å²) in [6, 6.07) is 12.6. The van der Waals surface area contributed by atoms with Crippen molar-refractivity contribution in [3.8, 4) is 0 Å². The summed E-state index contributed by atoms with van der Waals surface area (Å²) >= 11 is 16.9. The Morgan fingerprint density at radius 2 is 1.39 bits per heavy atom. The van der Waals surface area contributed by atoms with Crippen molar-refractivity contribution in [2.24, 2.45) is 0 Å². The number of halogens is 3. The van der Waals surface area contributed by atoms with Crippen molar-refractivity contribution in [2.75, 3.05) is 5.32 Å². The molecule has 0 saturated carbocycles. The van der Waals surface area contributed by atoms with Gasteiger partial charge in [-0.25, -0.2) is 9.97 Å². The lowest BCUT2D eigenvalue weighted by molar-refractivity contribution is -0.384. The fraction of sp³-hybridized carbons (Fsp3) is 0.158. The molecule has 2 aromatic heterocycles. The van der Waals surface area contributed by atoms with Crippen LogP contribution in [0, 0.1) is 34.1 Å². The van der Waals surface area contributed by atoms with Crippen molar-refractivity contribution in [3.63, 3.8) is 0 Å². The monoisotopic (exact) mass is 483 g/mol. The summed E-state index contributed by atoms with van der Waals surface area (Å²) in [6.45, 7) is 3.88. The highest BCUT2D eigenvalue weighted by atomic mass is 35.5. The van der Waals surface area contributed by atoms with Gasteiger partial charge in [-0.05, 0) is 31.5 Å². The summed E-state index contributed by atoms with van der Waals surface area (Å²) in [6.07, 6.45) is 0. The van der Waals surface area contributed by atoms with Crippen LogP contribution in [0.3, 0.4) is 0 Å². The fourth-order valence-corrected chi connectivity index (χ4v) is 3.46. The molecule has 0 radical (unpaired) electrons. The summed E-state index contributed by atoms with van der Waals surface area (Å²) in [5.41, 5.74) is 2.06. The number of hydrogen-bond donors (Lipinski definition) is 1. The number of hydrogen-bond acceptors (Lipinski definition) is 7. The summed E-state index contributed by atoms with van der Waals surface area (Å²) < 4.78 is 0. The van der Waals surface area contributed by atoms with Crippen LogP contribution in [0.4, 0.5) is 17.1 Å². The molecule has 0 amide bonds. The number of rotatable bonds is 5. The Bertz CT molecular complexity index is 1090. The predicted octanol–water partition coefficient (Wildman–Crippen LogP) is 6.17. The van der Waals surface area contributed by atoms with E-state index in [0.717, 1.165) is 5.56 Å². The Kier molecular flexibility index (Phi) is 8.49. The molecular formula is C19H16Cl3N5O4. The second-order valence-electron chi connectivity index (χ2n) is 6.19. The van der Waals surface area contributed by atoms with Gasteiger partial charge in [-0.2, -0.15) is 0 Å². The second-order valence-corrected chi connectivity index (χ2v) is 7.31. The van der Waals surface area contributed by atoms with Crippen molar-refractivity contribution in [1.82, 2.24) is 9.97 Å². The van der Waals surface area contributed by atoms with Crippen LogP contribution in [0.2, 0.25) is 15.3 Å². The van der Waals surface area contributed by atoms with E-state index in [1.165, 1.54) is 6.07 Å². The van der Waals surface area contributed by atoms with E-state index in [2.05, 4.69) is 15.3 Å². The third-order valence-electron chi connectivity index (χ3n) is 3.80. The van der Waals surface area contributed by atoms with Gasteiger partial charge in [-0.1, -0.05) is 65.1 Å². The molecule has 0 bridgehead atoms. The van der Waals surface area contributed by atoms with E-state index in [1.54, 1.807) is 19.9 Å². The van der Waals surface area contributed by atoms with Gasteiger partial charge in [-0.15, -0.1) is 0 Å². The Hall–Kier alpha value is -3.01. The van der Waals surface area contributed by atoms with Crippen molar-refractivity contribution in [2.45, 2.75) is 20.4 Å². The summed E-state index contributed by atoms with van der Waals surface area (Å²) in [5, 5.41) is 24.1. The zero-order chi connectivity index (χ0) is 23.1. The molecule has 0 unspecified atom stereocenters. The highest BCUT2D eigenvalue weighted by Crippen LogP contribution is 2.32. The number of aryl methyl sites for hydroxylation is 2. The quantitative estimate of drug-likeness (QED) is 0.261. The summed E-state index contributed by atoms with van der Waals surface area (Å²) in [5.74, 6) is 0. The van der Waals surface area contributed by atoms with Crippen molar-refractivity contribution in [3.05, 3.63) is 95.0 Å². The first-order valence-corrected chi connectivity index (χ1v) is 9.80. The maximum absolute atomic E-state index is 11.0. The average molecular weight is 485 g/mol. The minimum atomic E-state index is -0.656. The lowest BCUT2D eigenvalue weighted by Crippen LogP contribution is -2.04. The van der Waals surface area contributed by atoms with Gasteiger partial charge in [0, 0.05) is 17.9 Å². The maximum atomic E-state index is 11.0. The Labute approximate surface area is 192 Å². The molecule has 3 aromatic rings. The standard InChI is InChI=1S/C13H12ClN3O2.C6H4Cl2N2O2/c1-9-7-11(12(17(18)19)13(14)16-9)15-8-10-5-3-2-4-6-10;1-3-2-4(7)5(10(11)12)6(8)9-3/h2-7H,8H2,1H3,(H,15,16);2H,1H3. The summed E-state index contributed by atoms with van der Waals surface area (Å²) in [7, 11) is 0.